The van der Waals surface area contributed by atoms with E-state index in [2.05, 4.69) is 14.7 Å². The molecule has 1 aromatic heterocycles. The minimum atomic E-state index is -1.12. The Bertz CT molecular complexity index is 436. The molecule has 0 saturated heterocycles. The number of aromatic nitrogens is 2. The molecule has 1 rings (SSSR count). The lowest BCUT2D eigenvalue weighted by atomic mass is 10.00. The van der Waals surface area contributed by atoms with Crippen LogP contribution in [0.25, 0.3) is 0 Å². The Labute approximate surface area is 110 Å². The number of nitrogens with one attached hydrogen (secondary N) is 1. The van der Waals surface area contributed by atoms with Crippen LogP contribution in [0.15, 0.2) is 21.5 Å². The maximum Gasteiger partial charge on any atom is 0.438 e. The first-order valence-electron chi connectivity index (χ1n) is 4.95. The fraction of sp³-hybridized carbons (Fsp3) is 0.500. The van der Waals surface area contributed by atoms with Gasteiger partial charge in [0.05, 0.1) is 0 Å². The molecule has 0 unspecified atom stereocenters. The number of allylic oxidation sites excluding steroid dienone is 1. The van der Waals surface area contributed by atoms with Crippen LogP contribution in [0.3, 0.4) is 0 Å². The fourth-order valence-electron chi connectivity index (χ4n) is 0.753. The summed E-state index contributed by atoms with van der Waals surface area (Å²) in [4.78, 5) is 22.7. The second-order valence-corrected chi connectivity index (χ2v) is 3.68. The molecule has 0 bridgehead atoms. The van der Waals surface area contributed by atoms with E-state index in [1.165, 1.54) is 6.92 Å². The Morgan fingerprint density at radius 2 is 2.22 bits per heavy atom. The molecule has 0 radical (unpaired) electrons. The number of carbonyl (C=O) groups is 1. The molecule has 0 spiro atoms. The Balaban J connectivity index is 0. The number of carboxylic acids is 1. The lowest BCUT2D eigenvalue weighted by Gasteiger charge is -2.15. The van der Waals surface area contributed by atoms with Crippen molar-refractivity contribution in [3.05, 3.63) is 28.5 Å². The molecule has 0 fully saturated rings. The van der Waals surface area contributed by atoms with E-state index in [9.17, 15) is 9.59 Å². The number of aryl methyl sites for hydroxylation is 1. The van der Waals surface area contributed by atoms with Crippen molar-refractivity contribution >= 4 is 5.97 Å². The maximum absolute atomic E-state index is 10.4. The van der Waals surface area contributed by atoms with Crippen molar-refractivity contribution < 1.29 is 26.8 Å². The number of aliphatic carboxylic acids is 1. The number of aromatic amines is 1. The van der Waals surface area contributed by atoms with Crippen molar-refractivity contribution in [1.82, 2.24) is 10.1 Å². The number of H-pyrrole nitrogens is 1. The Hall–Kier alpha value is -1.60. The summed E-state index contributed by atoms with van der Waals surface area (Å²) in [7, 11) is 0. The minimum absolute atomic E-state index is 0. The van der Waals surface area contributed by atoms with Gasteiger partial charge in [-0.2, -0.15) is 0 Å². The maximum atomic E-state index is 10.4. The van der Waals surface area contributed by atoms with E-state index in [1.54, 1.807) is 19.1 Å². The average molecular weight is 279 g/mol. The third kappa shape index (κ3) is 7.64. The van der Waals surface area contributed by atoms with E-state index in [0.717, 1.165) is 0 Å². The van der Waals surface area contributed by atoms with Gasteiger partial charge in [-0.1, -0.05) is 17.3 Å². The molecule has 18 heavy (non-hydrogen) atoms. The Morgan fingerprint density at radius 3 is 2.44 bits per heavy atom. The summed E-state index contributed by atoms with van der Waals surface area (Å²) in [6.45, 7) is 4.97. The number of nitrogens with zero attached hydrogens (tertiary/aromatic N) is 1. The van der Waals surface area contributed by atoms with E-state index in [-0.39, 0.29) is 12.4 Å². The van der Waals surface area contributed by atoms with Crippen LogP contribution in [-0.4, -0.2) is 26.8 Å². The van der Waals surface area contributed by atoms with Gasteiger partial charge < -0.3 is 23.2 Å². The highest BCUT2D eigenvalue weighted by atomic mass is 35.5. The zero-order valence-corrected chi connectivity index (χ0v) is 11.2. The molecule has 104 valence electrons. The van der Waals surface area contributed by atoms with Gasteiger partial charge in [-0.05, 0) is 27.2 Å². The molecule has 0 saturated carbocycles. The fourth-order valence-corrected chi connectivity index (χ4v) is 0.753. The first-order chi connectivity index (χ1) is 7.79. The smallest absolute Gasteiger partial charge is 0.438 e. The van der Waals surface area contributed by atoms with E-state index >= 15 is 0 Å². The van der Waals surface area contributed by atoms with Gasteiger partial charge in [0, 0.05) is 0 Å². The third-order valence-corrected chi connectivity index (χ3v) is 1.81. The summed E-state index contributed by atoms with van der Waals surface area (Å²) in [5, 5.41) is 11.8. The van der Waals surface area contributed by atoms with E-state index in [4.69, 9.17) is 10.8 Å². The van der Waals surface area contributed by atoms with E-state index < -0.39 is 17.3 Å². The van der Waals surface area contributed by atoms with Crippen molar-refractivity contribution in [2.75, 3.05) is 0 Å². The van der Waals surface area contributed by atoms with Crippen LogP contribution in [0.4, 0.5) is 0 Å². The average Bonchev–Trinajstić information content (AvgIpc) is 2.60. The molecule has 4 N–H and O–H groups in total. The molecule has 1 atom stereocenters. The largest absolute Gasteiger partial charge is 1.00 e. The molecular weight excluding hydrogens is 262 g/mol. The molecule has 0 aliphatic rings. The van der Waals surface area contributed by atoms with Crippen LogP contribution < -0.4 is 23.9 Å². The molecule has 1 heterocycles. The van der Waals surface area contributed by atoms with Gasteiger partial charge in [-0.25, -0.2) is 4.79 Å². The van der Waals surface area contributed by atoms with Gasteiger partial charge in [-0.15, -0.1) is 0 Å². The molecular formula is C10H17ClN3O4-. The molecule has 1 aromatic rings. The molecule has 7 nitrogen and oxygen atoms in total. The standard InChI is InChI=1S/C7H13NO2.C3H4N2O2.ClH/c1-3-4-5-7(2,8)6(9)10;1-2-4-3(6)7-5-2;/h3-4H,5,8H2,1-2H3,(H,9,10);1H3,(H,4,5,6);1H/p-1/b4-3+;;/t7-;;/m0../s1. The van der Waals surface area contributed by atoms with Crippen LogP contribution >= 0.6 is 0 Å². The zero-order valence-electron chi connectivity index (χ0n) is 10.4. The van der Waals surface area contributed by atoms with Crippen LogP contribution in [0, 0.1) is 6.92 Å². The predicted molar refractivity (Wildman–Crippen MR) is 61.5 cm³/mol. The number of hydrogen-bond acceptors (Lipinski definition) is 5. The Morgan fingerprint density at radius 1 is 1.67 bits per heavy atom. The van der Waals surface area contributed by atoms with E-state index in [0.29, 0.717) is 12.2 Å². The summed E-state index contributed by atoms with van der Waals surface area (Å²) in [6.07, 6.45) is 3.90. The first-order valence-corrected chi connectivity index (χ1v) is 4.95. The molecule has 8 heteroatoms. The van der Waals surface area contributed by atoms with Gasteiger partial charge >= 0.3 is 11.7 Å². The third-order valence-electron chi connectivity index (χ3n) is 1.81. The normalized spacial score (nSPS) is 13.1. The number of halogens is 1. The van der Waals surface area contributed by atoms with Gasteiger partial charge in [0.25, 0.3) is 0 Å². The SMILES string of the molecule is C/C=C/C[C@](C)(N)C(=O)O.Cc1noc(=O)[nH]1.[Cl-]. The highest BCUT2D eigenvalue weighted by Crippen LogP contribution is 2.05. The lowest BCUT2D eigenvalue weighted by molar-refractivity contribution is -0.142. The van der Waals surface area contributed by atoms with E-state index in [1.807, 2.05) is 6.92 Å². The van der Waals surface area contributed by atoms with Crippen LogP contribution in [0.2, 0.25) is 0 Å². The number of hydrogen-bond donors (Lipinski definition) is 3. The quantitative estimate of drug-likeness (QED) is 0.523. The predicted octanol–water partition coefficient (Wildman–Crippen LogP) is -2.57. The Kier molecular flexibility index (Phi) is 8.84. The summed E-state index contributed by atoms with van der Waals surface area (Å²) in [6, 6.07) is 0. The van der Waals surface area contributed by atoms with Crippen molar-refractivity contribution in [2.24, 2.45) is 5.73 Å². The summed E-state index contributed by atoms with van der Waals surface area (Å²) >= 11 is 0. The highest BCUT2D eigenvalue weighted by molar-refractivity contribution is 5.78. The lowest BCUT2D eigenvalue weighted by Crippen LogP contribution is -3.00. The monoisotopic (exact) mass is 278 g/mol. The molecule has 0 aliphatic heterocycles. The van der Waals surface area contributed by atoms with Crippen molar-refractivity contribution in [1.29, 1.82) is 0 Å². The number of carboxylic acid groups (broad SMARTS) is 1. The van der Waals surface area contributed by atoms with Gasteiger partial charge in [-0.3, -0.25) is 14.3 Å². The number of rotatable bonds is 3. The van der Waals surface area contributed by atoms with Crippen molar-refractivity contribution in [2.45, 2.75) is 32.7 Å². The van der Waals surface area contributed by atoms with Crippen molar-refractivity contribution in [3.63, 3.8) is 0 Å². The highest BCUT2D eigenvalue weighted by Gasteiger charge is 2.25. The molecule has 0 amide bonds. The summed E-state index contributed by atoms with van der Waals surface area (Å²) < 4.78 is 4.10. The minimum Gasteiger partial charge on any atom is -1.00 e. The number of nitrogens with two attached hydrogens (primary N) is 1. The van der Waals surface area contributed by atoms with Gasteiger partial charge in [0.15, 0.2) is 0 Å². The van der Waals surface area contributed by atoms with Crippen LogP contribution in [0.1, 0.15) is 26.1 Å². The molecule has 0 aliphatic carbocycles. The van der Waals surface area contributed by atoms with Crippen molar-refractivity contribution in [3.8, 4) is 0 Å². The zero-order chi connectivity index (χ0) is 13.5. The summed E-state index contributed by atoms with van der Waals surface area (Å²) in [5.41, 5.74) is 4.28. The van der Waals surface area contributed by atoms with Crippen LogP contribution in [-0.2, 0) is 4.79 Å². The molecule has 0 aromatic carbocycles. The van der Waals surface area contributed by atoms with Gasteiger partial charge in [0.2, 0.25) is 0 Å². The van der Waals surface area contributed by atoms with Crippen LogP contribution in [0.5, 0.6) is 0 Å². The summed E-state index contributed by atoms with van der Waals surface area (Å²) in [5.74, 6) is -0.965. The first kappa shape index (κ1) is 18.8. The topological polar surface area (TPSA) is 122 Å². The van der Waals surface area contributed by atoms with Gasteiger partial charge in [0.1, 0.15) is 11.4 Å². The second-order valence-electron chi connectivity index (χ2n) is 3.68. The second kappa shape index (κ2) is 8.48.